The Hall–Kier alpha value is 0.563. The summed E-state index contributed by atoms with van der Waals surface area (Å²) in [6.45, 7) is 0. The first-order valence-corrected chi connectivity index (χ1v) is 9.64. The fourth-order valence-electron chi connectivity index (χ4n) is 0. The van der Waals surface area contributed by atoms with Crippen molar-refractivity contribution in [2.75, 3.05) is 5.34 Å². The quantitative estimate of drug-likeness (QED) is 0.116. The molecule has 28 heavy (non-hydrogen) atoms. The summed E-state index contributed by atoms with van der Waals surface area (Å²) in [5.41, 5.74) is -16.9. The summed E-state index contributed by atoms with van der Waals surface area (Å²) in [6, 6.07) is 0. The first-order chi connectivity index (χ1) is 11.2. The molecule has 2 radical (unpaired) electrons. The van der Waals surface area contributed by atoms with E-state index in [0.717, 1.165) is 0 Å². The van der Waals surface area contributed by atoms with Gasteiger partial charge in [-0.3, -0.25) is 0 Å². The maximum atomic E-state index is 10.7. The second kappa shape index (κ2) is 13.8. The van der Waals surface area contributed by atoms with Crippen LogP contribution < -0.4 is 0 Å². The van der Waals surface area contributed by atoms with E-state index < -0.39 is 46.9 Å². The van der Waals surface area contributed by atoms with Crippen molar-refractivity contribution in [3.8, 4) is 0 Å². The van der Waals surface area contributed by atoms with Crippen LogP contribution in [0, 0.1) is 0 Å². The molecule has 0 aromatic heterocycles. The van der Waals surface area contributed by atoms with Crippen LogP contribution in [0.4, 0.5) is 39.5 Å². The molecule has 0 bridgehead atoms. The Kier molecular flexibility index (Phi) is 19.2. The molecule has 0 saturated heterocycles. The number of hydrogen-bond donors (Lipinski definition) is 0. The topological polar surface area (TPSA) is 172 Å². The summed E-state index contributed by atoms with van der Waals surface area (Å²) in [5.74, 6) is 0. The maximum absolute atomic E-state index is 10.7. The van der Waals surface area contributed by atoms with Crippen molar-refractivity contribution in [1.29, 1.82) is 0 Å². The predicted octanol–water partition coefficient (Wildman–Crippen LogP) is 1.19. The molecule has 0 aromatic rings. The van der Waals surface area contributed by atoms with E-state index >= 15 is 0 Å². The molecule has 0 aliphatic rings. The molecule has 0 saturated carbocycles. The zero-order chi connectivity index (χ0) is 23.7. The van der Waals surface area contributed by atoms with E-state index in [2.05, 4.69) is 0 Å². The SMILES string of the molecule is ClCCl.O=S(=O)([O-])C(F)(F)F.O=S(=O)([O-])C(F)(F)F.O=S(=O)([O-])C(F)(F)F.[Bi+3]. The summed E-state index contributed by atoms with van der Waals surface area (Å²) in [7, 11) is -18.3. The van der Waals surface area contributed by atoms with Gasteiger partial charge in [0.2, 0.25) is 0 Å². The van der Waals surface area contributed by atoms with E-state index in [1.807, 2.05) is 0 Å². The van der Waals surface area contributed by atoms with E-state index in [0.29, 0.717) is 0 Å². The van der Waals surface area contributed by atoms with Crippen molar-refractivity contribution in [3.05, 3.63) is 0 Å². The molecule has 0 rings (SSSR count). The molecule has 0 aromatic carbocycles. The number of halogens is 11. The summed E-state index contributed by atoms with van der Waals surface area (Å²) in [5, 5.41) is 0.194. The van der Waals surface area contributed by atoms with Crippen LogP contribution in [0.25, 0.3) is 0 Å². The van der Waals surface area contributed by atoms with Crippen molar-refractivity contribution in [3.63, 3.8) is 0 Å². The number of hydrogen-bond acceptors (Lipinski definition) is 9. The molecule has 24 heteroatoms. The van der Waals surface area contributed by atoms with Gasteiger partial charge in [-0.1, -0.05) is 0 Å². The Morgan fingerprint density at radius 2 is 0.571 bits per heavy atom. The van der Waals surface area contributed by atoms with Crippen molar-refractivity contribution in [1.82, 2.24) is 0 Å². The fraction of sp³-hybridized carbons (Fsp3) is 1.00. The van der Waals surface area contributed by atoms with Gasteiger partial charge in [0.1, 0.15) is 0 Å². The second-order valence-electron chi connectivity index (χ2n) is 2.80. The Morgan fingerprint density at radius 3 is 0.571 bits per heavy atom. The first kappa shape index (κ1) is 39.1. The summed E-state index contributed by atoms with van der Waals surface area (Å²) in [4.78, 5) is 0. The Balaban J connectivity index is -0.0000000866. The summed E-state index contributed by atoms with van der Waals surface area (Å²) in [6.07, 6.45) is 0. The normalized spacial score (nSPS) is 12.6. The largest absolute Gasteiger partial charge is 3.00 e. The van der Waals surface area contributed by atoms with Gasteiger partial charge in [-0.05, 0) is 0 Å². The van der Waals surface area contributed by atoms with Crippen LogP contribution in [0.3, 0.4) is 0 Å². The third-order valence-electron chi connectivity index (χ3n) is 0.850. The number of rotatable bonds is 0. The van der Waals surface area contributed by atoms with Gasteiger partial charge in [0.15, 0.2) is 30.4 Å². The summed E-state index contributed by atoms with van der Waals surface area (Å²) >= 11 is 9.53. The molecular formula is C4H2BiCl2F9O9S3. The minimum atomic E-state index is -6.09. The van der Waals surface area contributed by atoms with Gasteiger partial charge in [0.05, 0.1) is 5.34 Å². The zero-order valence-electron chi connectivity index (χ0n) is 11.7. The van der Waals surface area contributed by atoms with Crippen LogP contribution >= 0.6 is 23.2 Å². The van der Waals surface area contributed by atoms with Gasteiger partial charge in [-0.25, -0.2) is 25.3 Å². The van der Waals surface area contributed by atoms with Crippen LogP contribution in [0.2, 0.25) is 0 Å². The van der Waals surface area contributed by atoms with Gasteiger partial charge >= 0.3 is 42.7 Å². The minimum absolute atomic E-state index is 0. The average molecular weight is 741 g/mol. The van der Waals surface area contributed by atoms with Crippen LogP contribution in [-0.2, 0) is 30.4 Å². The monoisotopic (exact) mass is 740 g/mol. The zero-order valence-corrected chi connectivity index (χ0v) is 19.1. The van der Waals surface area contributed by atoms with E-state index in [-0.39, 0.29) is 31.5 Å². The third kappa shape index (κ3) is 22.8. The fourth-order valence-corrected chi connectivity index (χ4v) is 0. The molecule has 0 fully saturated rings. The average Bonchev–Trinajstić information content (AvgIpc) is 2.22. The van der Waals surface area contributed by atoms with E-state index in [1.165, 1.54) is 0 Å². The third-order valence-corrected chi connectivity index (χ3v) is 2.55. The molecule has 0 aliphatic heterocycles. The van der Waals surface area contributed by atoms with E-state index in [4.69, 9.17) is 62.1 Å². The summed E-state index contributed by atoms with van der Waals surface area (Å²) < 4.78 is 177. The Morgan fingerprint density at radius 1 is 0.536 bits per heavy atom. The van der Waals surface area contributed by atoms with Crippen LogP contribution in [-0.4, -0.2) is 87.0 Å². The van der Waals surface area contributed by atoms with E-state index in [1.54, 1.807) is 0 Å². The van der Waals surface area contributed by atoms with Gasteiger partial charge < -0.3 is 13.7 Å². The molecular weight excluding hydrogens is 739 g/mol. The van der Waals surface area contributed by atoms with Gasteiger partial charge in [0.25, 0.3) is 0 Å². The Labute approximate surface area is 179 Å². The van der Waals surface area contributed by atoms with Crippen LogP contribution in [0.1, 0.15) is 0 Å². The molecule has 0 N–H and O–H groups in total. The van der Waals surface area contributed by atoms with E-state index in [9.17, 15) is 39.5 Å². The molecule has 0 amide bonds. The molecule has 9 nitrogen and oxygen atoms in total. The number of alkyl halides is 11. The minimum Gasteiger partial charge on any atom is -0.741 e. The van der Waals surface area contributed by atoms with Gasteiger partial charge in [-0.15, -0.1) is 23.2 Å². The maximum Gasteiger partial charge on any atom is 3.00 e. The molecule has 0 heterocycles. The van der Waals surface area contributed by atoms with Crippen molar-refractivity contribution >= 4 is 79.8 Å². The standard InChI is InChI=1S/CH2Cl2.3CHF3O3S.Bi/c2-1-3;3*2-1(3,4)8(5,6)7;/h1H2;3*(H,5,6,7);/q;;;;+3/p-3. The van der Waals surface area contributed by atoms with Crippen molar-refractivity contribution in [2.24, 2.45) is 0 Å². The predicted molar refractivity (Wildman–Crippen MR) is 69.6 cm³/mol. The van der Waals surface area contributed by atoms with Crippen molar-refractivity contribution in [2.45, 2.75) is 16.5 Å². The second-order valence-corrected chi connectivity index (χ2v) is 7.72. The van der Waals surface area contributed by atoms with Crippen LogP contribution in [0.15, 0.2) is 0 Å². The Bertz CT molecular complexity index is 624. The molecule has 0 atom stereocenters. The molecule has 172 valence electrons. The smallest absolute Gasteiger partial charge is 0.741 e. The molecule has 0 unspecified atom stereocenters. The molecule has 0 spiro atoms. The van der Waals surface area contributed by atoms with Gasteiger partial charge in [0, 0.05) is 0 Å². The van der Waals surface area contributed by atoms with Crippen LogP contribution in [0.5, 0.6) is 0 Å². The van der Waals surface area contributed by atoms with Crippen molar-refractivity contribution < 1.29 is 78.4 Å². The molecule has 0 aliphatic carbocycles. The first-order valence-electron chi connectivity index (χ1n) is 4.35. The van der Waals surface area contributed by atoms with Gasteiger partial charge in [-0.2, -0.15) is 39.5 Å².